The van der Waals surface area contributed by atoms with Crippen LogP contribution in [0.1, 0.15) is 52.7 Å². The molecule has 4 aromatic rings. The van der Waals surface area contributed by atoms with E-state index in [9.17, 15) is 21.6 Å². The van der Waals surface area contributed by atoms with Crippen LogP contribution >= 0.6 is 11.6 Å². The Morgan fingerprint density at radius 2 is 1.07 bits per heavy atom. The van der Waals surface area contributed by atoms with Gasteiger partial charge in [-0.15, -0.1) is 0 Å². The van der Waals surface area contributed by atoms with Crippen LogP contribution < -0.4 is 0 Å². The van der Waals surface area contributed by atoms with Crippen molar-refractivity contribution in [1.29, 1.82) is 0 Å². The Kier molecular flexibility index (Phi) is 8.52. The predicted molar refractivity (Wildman–Crippen MR) is 175 cm³/mol. The van der Waals surface area contributed by atoms with Crippen molar-refractivity contribution in [3.63, 3.8) is 0 Å². The van der Waals surface area contributed by atoms with Gasteiger partial charge in [-0.05, 0) is 74.7 Å². The summed E-state index contributed by atoms with van der Waals surface area (Å²) in [6.45, 7) is 5.65. The molecular weight excluding hydrogens is 628 g/mol. The van der Waals surface area contributed by atoms with E-state index in [2.05, 4.69) is 0 Å². The normalized spacial score (nSPS) is 23.1. The number of hydrogen-bond donors (Lipinski definition) is 0. The summed E-state index contributed by atoms with van der Waals surface area (Å²) >= 11 is 6.12. The first-order valence-corrected chi connectivity index (χ1v) is 18.2. The summed E-state index contributed by atoms with van der Waals surface area (Å²) in [4.78, 5) is 14.2. The highest BCUT2D eigenvalue weighted by atomic mass is 35.5. The first-order chi connectivity index (χ1) is 21.4. The van der Waals surface area contributed by atoms with Crippen molar-refractivity contribution in [3.05, 3.63) is 130 Å². The molecule has 0 aliphatic carbocycles. The van der Waals surface area contributed by atoms with Crippen LogP contribution in [-0.4, -0.2) is 43.8 Å². The van der Waals surface area contributed by atoms with Gasteiger partial charge >= 0.3 is 0 Å². The summed E-state index contributed by atoms with van der Waals surface area (Å²) in [5, 5.41) is 0.407. The number of carbonyl (C=O) groups is 1. The van der Waals surface area contributed by atoms with Crippen LogP contribution in [0.25, 0.3) is 0 Å². The molecule has 10 heteroatoms. The Labute approximate surface area is 270 Å². The molecule has 0 amide bonds. The fourth-order valence-corrected chi connectivity index (χ4v) is 10.2. The highest BCUT2D eigenvalue weighted by molar-refractivity contribution is 7.89. The summed E-state index contributed by atoms with van der Waals surface area (Å²) in [6.07, 6.45) is 0.0460. The number of ketones is 1. The van der Waals surface area contributed by atoms with Gasteiger partial charge in [0.05, 0.1) is 21.9 Å². The number of piperidine rings is 2. The standard InChI is InChI=1S/C35H35ClN2O5S2/c1-23-4-10-26(11-5-23)32-20-34-31(22-37(32)44(40,41)29-16-8-25(3)9-17-29)35(39)21-33(27-12-6-24(2)7-13-27)38(34)45(42,43)30-18-14-28(36)15-19-30/h4-19,31-34H,20-22H2,1-3H3/t31-,32+,33?,34+/m1/s1. The maximum Gasteiger partial charge on any atom is 0.243 e. The molecule has 45 heavy (non-hydrogen) atoms. The molecule has 0 N–H and O–H groups in total. The minimum atomic E-state index is -4.15. The summed E-state index contributed by atoms with van der Waals surface area (Å²) in [5.41, 5.74) is 4.41. The summed E-state index contributed by atoms with van der Waals surface area (Å²) in [5.74, 6) is -1.00. The van der Waals surface area contributed by atoms with Gasteiger partial charge in [-0.3, -0.25) is 4.79 Å². The van der Waals surface area contributed by atoms with Gasteiger partial charge in [-0.2, -0.15) is 8.61 Å². The Bertz CT molecular complexity index is 1930. The molecule has 6 rings (SSSR count). The SMILES string of the molecule is Cc1ccc(C2CC(=O)[C@@H]3CN(S(=O)(=O)c4ccc(C)cc4)[C@H](c4ccc(C)cc4)C[C@@H]3N2S(=O)(=O)c2ccc(Cl)cc2)cc1. The van der Waals surface area contributed by atoms with Crippen LogP contribution in [0, 0.1) is 26.7 Å². The average Bonchev–Trinajstić information content (AvgIpc) is 3.01. The van der Waals surface area contributed by atoms with Gasteiger partial charge in [-0.25, -0.2) is 16.8 Å². The van der Waals surface area contributed by atoms with E-state index in [-0.39, 0.29) is 35.0 Å². The Morgan fingerprint density at radius 3 is 1.60 bits per heavy atom. The number of Topliss-reactive ketones (excluding diaryl/α,β-unsaturated/α-hetero) is 1. The van der Waals surface area contributed by atoms with Gasteiger partial charge in [0.2, 0.25) is 20.0 Å². The van der Waals surface area contributed by atoms with Crippen LogP contribution in [0.5, 0.6) is 0 Å². The molecular formula is C35H35ClN2O5S2. The third-order valence-corrected chi connectivity index (χ3v) is 13.1. The number of hydrogen-bond acceptors (Lipinski definition) is 5. The van der Waals surface area contributed by atoms with Gasteiger partial charge in [0.1, 0.15) is 5.78 Å². The van der Waals surface area contributed by atoms with E-state index in [1.165, 1.54) is 32.9 Å². The van der Waals surface area contributed by atoms with E-state index in [1.54, 1.807) is 24.3 Å². The second-order valence-electron chi connectivity index (χ2n) is 12.1. The van der Waals surface area contributed by atoms with Crippen LogP contribution in [0.4, 0.5) is 0 Å². The third-order valence-electron chi connectivity index (χ3n) is 9.04. The molecule has 0 saturated carbocycles. The molecule has 0 spiro atoms. The van der Waals surface area contributed by atoms with Crippen LogP contribution in [0.2, 0.25) is 5.02 Å². The number of carbonyl (C=O) groups excluding carboxylic acids is 1. The summed E-state index contributed by atoms with van der Waals surface area (Å²) in [6, 6.07) is 25.6. The van der Waals surface area contributed by atoms with Crippen molar-refractivity contribution in [2.75, 3.05) is 6.54 Å². The van der Waals surface area contributed by atoms with Gasteiger partial charge in [0.25, 0.3) is 0 Å². The molecule has 234 valence electrons. The number of rotatable bonds is 6. The van der Waals surface area contributed by atoms with Crippen molar-refractivity contribution < 1.29 is 21.6 Å². The zero-order chi connectivity index (χ0) is 32.1. The minimum absolute atomic E-state index is 0.0648. The first kappa shape index (κ1) is 31.6. The van der Waals surface area contributed by atoms with Crippen molar-refractivity contribution in [2.45, 2.75) is 61.5 Å². The summed E-state index contributed by atoms with van der Waals surface area (Å²) < 4.78 is 60.5. The van der Waals surface area contributed by atoms with E-state index in [4.69, 9.17) is 11.6 Å². The lowest BCUT2D eigenvalue weighted by atomic mass is 9.77. The Balaban J connectivity index is 1.51. The number of fused-ring (bicyclic) bond motifs is 1. The van der Waals surface area contributed by atoms with Crippen LogP contribution in [0.3, 0.4) is 0 Å². The van der Waals surface area contributed by atoms with Gasteiger partial charge in [0.15, 0.2) is 0 Å². The molecule has 7 nitrogen and oxygen atoms in total. The molecule has 2 aliphatic heterocycles. The molecule has 4 aromatic carbocycles. The van der Waals surface area contributed by atoms with Gasteiger partial charge in [-0.1, -0.05) is 89.0 Å². The van der Waals surface area contributed by atoms with Crippen LogP contribution in [-0.2, 0) is 24.8 Å². The first-order valence-electron chi connectivity index (χ1n) is 14.9. The lowest BCUT2D eigenvalue weighted by Crippen LogP contribution is -2.60. The molecule has 0 radical (unpaired) electrons. The smallest absolute Gasteiger partial charge is 0.243 e. The van der Waals surface area contributed by atoms with E-state index < -0.39 is 44.1 Å². The zero-order valence-corrected chi connectivity index (χ0v) is 27.7. The number of benzene rings is 4. The second kappa shape index (κ2) is 12.1. The van der Waals surface area contributed by atoms with Gasteiger partial charge < -0.3 is 0 Å². The van der Waals surface area contributed by atoms with E-state index in [1.807, 2.05) is 69.3 Å². The fraction of sp³-hybridized carbons (Fsp3) is 0.286. The van der Waals surface area contributed by atoms with Crippen molar-refractivity contribution in [3.8, 4) is 0 Å². The molecule has 2 aliphatic rings. The second-order valence-corrected chi connectivity index (χ2v) is 16.3. The van der Waals surface area contributed by atoms with E-state index in [0.717, 1.165) is 22.3 Å². The Hall–Kier alpha value is -3.34. The quantitative estimate of drug-likeness (QED) is 0.227. The molecule has 0 aromatic heterocycles. The lowest BCUT2D eigenvalue weighted by Gasteiger charge is -2.51. The molecule has 2 heterocycles. The van der Waals surface area contributed by atoms with Crippen molar-refractivity contribution in [2.24, 2.45) is 5.92 Å². The maximum absolute atomic E-state index is 14.6. The molecule has 1 unspecified atom stereocenters. The zero-order valence-electron chi connectivity index (χ0n) is 25.3. The molecule has 2 saturated heterocycles. The number of nitrogens with zero attached hydrogens (tertiary/aromatic N) is 2. The van der Waals surface area contributed by atoms with E-state index >= 15 is 0 Å². The van der Waals surface area contributed by atoms with Crippen molar-refractivity contribution in [1.82, 2.24) is 8.61 Å². The Morgan fingerprint density at radius 1 is 0.622 bits per heavy atom. The largest absolute Gasteiger partial charge is 0.299 e. The van der Waals surface area contributed by atoms with Crippen LogP contribution in [0.15, 0.2) is 107 Å². The maximum atomic E-state index is 14.6. The number of halogens is 1. The molecule has 4 atom stereocenters. The summed E-state index contributed by atoms with van der Waals surface area (Å²) in [7, 11) is -8.19. The number of aryl methyl sites for hydroxylation is 3. The average molecular weight is 663 g/mol. The third kappa shape index (κ3) is 6.00. The highest BCUT2D eigenvalue weighted by Gasteiger charge is 2.54. The predicted octanol–water partition coefficient (Wildman–Crippen LogP) is 6.79. The molecule has 2 fully saturated rings. The lowest BCUT2D eigenvalue weighted by molar-refractivity contribution is -0.132. The minimum Gasteiger partial charge on any atom is -0.299 e. The topological polar surface area (TPSA) is 91.8 Å². The number of sulfonamides is 2. The van der Waals surface area contributed by atoms with Crippen molar-refractivity contribution >= 4 is 37.4 Å². The molecule has 0 bridgehead atoms. The highest BCUT2D eigenvalue weighted by Crippen LogP contribution is 2.48. The fourth-order valence-electron chi connectivity index (χ4n) is 6.54. The monoisotopic (exact) mass is 662 g/mol. The van der Waals surface area contributed by atoms with E-state index in [0.29, 0.717) is 10.6 Å². The van der Waals surface area contributed by atoms with Gasteiger partial charge in [0, 0.05) is 29.9 Å².